The van der Waals surface area contributed by atoms with E-state index in [0.29, 0.717) is 12.8 Å². The zero-order valence-corrected chi connectivity index (χ0v) is 14.7. The van der Waals surface area contributed by atoms with Crippen molar-refractivity contribution < 1.29 is 22.7 Å². The zero-order valence-electron chi connectivity index (χ0n) is 13.9. The minimum absolute atomic E-state index is 0.0535. The molecule has 0 aliphatic rings. The Morgan fingerprint density at radius 2 is 1.87 bits per heavy atom. The number of esters is 1. The maximum Gasteiger partial charge on any atom is 0.337 e. The summed E-state index contributed by atoms with van der Waals surface area (Å²) in [6, 6.07) is 4.01. The Morgan fingerprint density at radius 1 is 1.26 bits per heavy atom. The number of carbonyl (C=O) groups is 1. The van der Waals surface area contributed by atoms with Gasteiger partial charge in [0.25, 0.3) is 0 Å². The minimum Gasteiger partial charge on any atom is -0.495 e. The second-order valence-electron chi connectivity index (χ2n) is 5.25. The van der Waals surface area contributed by atoms with Crippen LogP contribution in [0.2, 0.25) is 0 Å². The van der Waals surface area contributed by atoms with E-state index in [-0.39, 0.29) is 22.8 Å². The van der Waals surface area contributed by atoms with Gasteiger partial charge in [-0.25, -0.2) is 17.9 Å². The van der Waals surface area contributed by atoms with Crippen LogP contribution in [0.3, 0.4) is 0 Å². The summed E-state index contributed by atoms with van der Waals surface area (Å²) in [5.41, 5.74) is 5.72. The van der Waals surface area contributed by atoms with Crippen molar-refractivity contribution in [1.29, 1.82) is 0 Å². The average Bonchev–Trinajstić information content (AvgIpc) is 2.58. The van der Waals surface area contributed by atoms with Gasteiger partial charge in [-0.1, -0.05) is 13.8 Å². The van der Waals surface area contributed by atoms with Crippen molar-refractivity contribution in [2.75, 3.05) is 20.8 Å². The standard InChI is InChI=1S/C15H24N2O5S/c1-5-15(16,6-2)10-17-23(19,20)13-8-7-11(14(18)22-4)9-12(13)21-3/h7-9,17H,5-6,10,16H2,1-4H3. The van der Waals surface area contributed by atoms with Gasteiger partial charge in [0.1, 0.15) is 10.6 Å². The highest BCUT2D eigenvalue weighted by Gasteiger charge is 2.26. The molecule has 1 aromatic rings. The van der Waals surface area contributed by atoms with Crippen LogP contribution in [-0.4, -0.2) is 40.7 Å². The molecule has 7 nitrogen and oxygen atoms in total. The number of hydrogen-bond donors (Lipinski definition) is 2. The number of hydrogen-bond acceptors (Lipinski definition) is 6. The Bertz CT molecular complexity index is 654. The van der Waals surface area contributed by atoms with Crippen LogP contribution in [0.15, 0.2) is 23.1 Å². The monoisotopic (exact) mass is 344 g/mol. The van der Waals surface area contributed by atoms with Crippen LogP contribution in [0, 0.1) is 0 Å². The molecule has 3 N–H and O–H groups in total. The molecule has 23 heavy (non-hydrogen) atoms. The highest BCUT2D eigenvalue weighted by Crippen LogP contribution is 2.25. The largest absolute Gasteiger partial charge is 0.495 e. The number of rotatable bonds is 8. The molecule has 1 rings (SSSR count). The average molecular weight is 344 g/mol. The third-order valence-corrected chi connectivity index (χ3v) is 5.34. The molecular weight excluding hydrogens is 320 g/mol. The number of carbonyl (C=O) groups excluding carboxylic acids is 1. The van der Waals surface area contributed by atoms with E-state index in [2.05, 4.69) is 9.46 Å². The second kappa shape index (κ2) is 7.76. The number of methoxy groups -OCH3 is 2. The summed E-state index contributed by atoms with van der Waals surface area (Å²) in [6.45, 7) is 3.93. The molecule has 0 aliphatic carbocycles. The van der Waals surface area contributed by atoms with Crippen LogP contribution in [0.4, 0.5) is 0 Å². The van der Waals surface area contributed by atoms with Gasteiger partial charge in [0.05, 0.1) is 19.8 Å². The summed E-state index contributed by atoms with van der Waals surface area (Å²) >= 11 is 0. The van der Waals surface area contributed by atoms with Crippen LogP contribution in [0.5, 0.6) is 5.75 Å². The highest BCUT2D eigenvalue weighted by atomic mass is 32.2. The van der Waals surface area contributed by atoms with Crippen molar-refractivity contribution in [3.8, 4) is 5.75 Å². The Labute approximate surface area is 137 Å². The van der Waals surface area contributed by atoms with Gasteiger partial charge in [0.15, 0.2) is 0 Å². The second-order valence-corrected chi connectivity index (χ2v) is 6.99. The van der Waals surface area contributed by atoms with Crippen LogP contribution in [0.25, 0.3) is 0 Å². The summed E-state index contributed by atoms with van der Waals surface area (Å²) in [6.07, 6.45) is 1.29. The molecule has 8 heteroatoms. The van der Waals surface area contributed by atoms with E-state index in [1.165, 1.54) is 32.4 Å². The Kier molecular flexibility index (Phi) is 6.55. The van der Waals surface area contributed by atoms with Crippen molar-refractivity contribution in [3.05, 3.63) is 23.8 Å². The molecule has 0 atom stereocenters. The maximum absolute atomic E-state index is 12.5. The van der Waals surface area contributed by atoms with E-state index in [1.54, 1.807) is 0 Å². The van der Waals surface area contributed by atoms with Crippen LogP contribution >= 0.6 is 0 Å². The molecule has 0 bridgehead atoms. The first-order valence-electron chi connectivity index (χ1n) is 7.28. The topological polar surface area (TPSA) is 108 Å². The fourth-order valence-corrected chi connectivity index (χ4v) is 3.24. The molecule has 0 aromatic heterocycles. The summed E-state index contributed by atoms with van der Waals surface area (Å²) in [5.74, 6) is -0.505. The van der Waals surface area contributed by atoms with Gasteiger partial charge >= 0.3 is 5.97 Å². The van der Waals surface area contributed by atoms with Crippen LogP contribution in [0.1, 0.15) is 37.0 Å². The van der Waals surface area contributed by atoms with Gasteiger partial charge in [0, 0.05) is 12.1 Å². The van der Waals surface area contributed by atoms with Crippen molar-refractivity contribution in [2.45, 2.75) is 37.1 Å². The van der Waals surface area contributed by atoms with Gasteiger partial charge in [-0.05, 0) is 31.0 Å². The first-order valence-corrected chi connectivity index (χ1v) is 8.76. The van der Waals surface area contributed by atoms with Gasteiger partial charge in [-0.2, -0.15) is 0 Å². The first kappa shape index (κ1) is 19.4. The molecule has 0 saturated heterocycles. The van der Waals surface area contributed by atoms with Gasteiger partial charge in [-0.15, -0.1) is 0 Å². The van der Waals surface area contributed by atoms with Crippen molar-refractivity contribution in [1.82, 2.24) is 4.72 Å². The Balaban J connectivity index is 3.11. The molecule has 0 unspecified atom stereocenters. The molecule has 130 valence electrons. The first-order chi connectivity index (χ1) is 10.7. The third kappa shape index (κ3) is 4.66. The molecule has 0 saturated carbocycles. The fraction of sp³-hybridized carbons (Fsp3) is 0.533. The molecule has 0 heterocycles. The lowest BCUT2D eigenvalue weighted by Crippen LogP contribution is -2.49. The summed E-state index contributed by atoms with van der Waals surface area (Å²) in [5, 5.41) is 0. The summed E-state index contributed by atoms with van der Waals surface area (Å²) < 4.78 is 37.2. The number of sulfonamides is 1. The predicted molar refractivity (Wildman–Crippen MR) is 87.0 cm³/mol. The molecule has 0 fully saturated rings. The lowest BCUT2D eigenvalue weighted by atomic mass is 9.95. The van der Waals surface area contributed by atoms with E-state index < -0.39 is 21.5 Å². The smallest absolute Gasteiger partial charge is 0.337 e. The third-order valence-electron chi connectivity index (χ3n) is 3.90. The molecule has 0 amide bonds. The highest BCUT2D eigenvalue weighted by molar-refractivity contribution is 7.89. The predicted octanol–water partition coefficient (Wildman–Crippen LogP) is 1.28. The van der Waals surface area contributed by atoms with Gasteiger partial charge in [-0.3, -0.25) is 0 Å². The van der Waals surface area contributed by atoms with E-state index in [9.17, 15) is 13.2 Å². The molecular formula is C15H24N2O5S. The van der Waals surface area contributed by atoms with Crippen molar-refractivity contribution in [2.24, 2.45) is 5.73 Å². The molecule has 1 aromatic carbocycles. The number of benzene rings is 1. The SMILES string of the molecule is CCC(N)(CC)CNS(=O)(=O)c1ccc(C(=O)OC)cc1OC. The van der Waals surface area contributed by atoms with Gasteiger partial charge < -0.3 is 15.2 Å². The minimum atomic E-state index is -3.81. The molecule has 0 radical (unpaired) electrons. The summed E-state index contributed by atoms with van der Waals surface area (Å²) in [4.78, 5) is 11.5. The van der Waals surface area contributed by atoms with Crippen molar-refractivity contribution in [3.63, 3.8) is 0 Å². The number of nitrogens with one attached hydrogen (secondary N) is 1. The van der Waals surface area contributed by atoms with Crippen LogP contribution in [-0.2, 0) is 14.8 Å². The zero-order chi connectivity index (χ0) is 17.7. The number of ether oxygens (including phenoxy) is 2. The van der Waals surface area contributed by atoms with Gasteiger partial charge in [0.2, 0.25) is 10.0 Å². The number of nitrogens with two attached hydrogens (primary N) is 1. The molecule has 0 aliphatic heterocycles. The van der Waals surface area contributed by atoms with Crippen LogP contribution < -0.4 is 15.2 Å². The van der Waals surface area contributed by atoms with E-state index in [1.807, 2.05) is 13.8 Å². The van der Waals surface area contributed by atoms with E-state index >= 15 is 0 Å². The maximum atomic E-state index is 12.5. The Morgan fingerprint density at radius 3 is 2.35 bits per heavy atom. The summed E-state index contributed by atoms with van der Waals surface area (Å²) in [7, 11) is -1.23. The fourth-order valence-electron chi connectivity index (χ4n) is 1.95. The normalized spacial score (nSPS) is 12.0. The quantitative estimate of drug-likeness (QED) is 0.688. The lowest BCUT2D eigenvalue weighted by Gasteiger charge is -2.26. The van der Waals surface area contributed by atoms with E-state index in [4.69, 9.17) is 10.5 Å². The Hall–Kier alpha value is -1.64. The molecule has 0 spiro atoms. The van der Waals surface area contributed by atoms with E-state index in [0.717, 1.165) is 0 Å². The lowest BCUT2D eigenvalue weighted by molar-refractivity contribution is 0.0600. The van der Waals surface area contributed by atoms with Crippen molar-refractivity contribution >= 4 is 16.0 Å².